The molecule has 3 aromatic carbocycles. The number of aliphatic carboxylic acids is 1. The van der Waals surface area contributed by atoms with Crippen LogP contribution in [0, 0.1) is 0 Å². The highest BCUT2D eigenvalue weighted by Gasteiger charge is 2.22. The number of hydrogen-bond donors (Lipinski definition) is 1. The fourth-order valence-electron chi connectivity index (χ4n) is 4.17. The Morgan fingerprint density at radius 2 is 1.03 bits per heavy atom. The molecule has 3 aromatic rings. The van der Waals surface area contributed by atoms with Crippen LogP contribution < -0.4 is 0 Å². The summed E-state index contributed by atoms with van der Waals surface area (Å²) >= 11 is 0. The van der Waals surface area contributed by atoms with E-state index in [1.165, 1.54) is 7.11 Å². The lowest BCUT2D eigenvalue weighted by atomic mass is 10.0. The van der Waals surface area contributed by atoms with Gasteiger partial charge in [-0.1, -0.05) is 72.8 Å². The highest BCUT2D eigenvalue weighted by atomic mass is 16.5. The molecule has 0 atom stereocenters. The number of hydrogen-bond acceptors (Lipinski definition) is 7. The Morgan fingerprint density at radius 3 is 1.46 bits per heavy atom. The van der Waals surface area contributed by atoms with Gasteiger partial charge in [0.2, 0.25) is 0 Å². The van der Waals surface area contributed by atoms with E-state index in [1.54, 1.807) is 13.0 Å². The second-order valence-electron chi connectivity index (χ2n) is 8.32. The van der Waals surface area contributed by atoms with E-state index >= 15 is 0 Å². The maximum absolute atomic E-state index is 11.2. The van der Waals surface area contributed by atoms with Crippen LogP contribution in [0.3, 0.4) is 0 Å². The lowest BCUT2D eigenvalue weighted by Crippen LogP contribution is -2.15. The number of ether oxygens (including phenoxy) is 1. The highest BCUT2D eigenvalue weighted by molar-refractivity contribution is 6.46. The Bertz CT molecular complexity index is 1400. The van der Waals surface area contributed by atoms with Crippen molar-refractivity contribution < 1.29 is 24.2 Å². The number of benzene rings is 3. The highest BCUT2D eigenvalue weighted by Crippen LogP contribution is 2.20. The van der Waals surface area contributed by atoms with E-state index in [0.717, 1.165) is 33.4 Å². The van der Waals surface area contributed by atoms with Crippen LogP contribution in [-0.2, 0) is 38.8 Å². The summed E-state index contributed by atoms with van der Waals surface area (Å²) in [5.74, 6) is -1.25. The van der Waals surface area contributed by atoms with Gasteiger partial charge in [-0.2, -0.15) is 0 Å². The van der Waals surface area contributed by atoms with E-state index in [0.29, 0.717) is 31.1 Å². The average Bonchev–Trinajstić information content (AvgIpc) is 3.65. The number of esters is 1. The fraction of sp³-hybridized carbons (Fsp3) is 0.172. The van der Waals surface area contributed by atoms with Gasteiger partial charge < -0.3 is 9.84 Å². The molecule has 3 aliphatic heterocycles. The number of carbonyl (C=O) groups excluding carboxylic acids is 2. The third kappa shape index (κ3) is 5.59. The van der Waals surface area contributed by atoms with Crippen molar-refractivity contribution in [3.8, 4) is 0 Å². The summed E-state index contributed by atoms with van der Waals surface area (Å²) in [5, 5.41) is 8.73. The monoisotopic (exact) mass is 495 g/mol. The van der Waals surface area contributed by atoms with E-state index < -0.39 is 5.97 Å². The topological polar surface area (TPSA) is 118 Å². The van der Waals surface area contributed by atoms with Crippen molar-refractivity contribution in [3.05, 3.63) is 106 Å². The van der Waals surface area contributed by atoms with Gasteiger partial charge in [0.1, 0.15) is 5.71 Å². The minimum atomic E-state index is -0.944. The Morgan fingerprint density at radius 1 is 0.649 bits per heavy atom. The Kier molecular flexibility index (Phi) is 7.78. The number of carboxylic acid groups (broad SMARTS) is 1. The molecule has 6 rings (SSSR count). The van der Waals surface area contributed by atoms with Gasteiger partial charge in [-0.15, -0.1) is 0 Å². The quantitative estimate of drug-likeness (QED) is 0.555. The average molecular weight is 496 g/mol. The normalized spacial score (nSPS) is 13.7. The van der Waals surface area contributed by atoms with Gasteiger partial charge in [-0.3, -0.25) is 19.8 Å². The third-order valence-electron chi connectivity index (χ3n) is 5.95. The van der Waals surface area contributed by atoms with Crippen molar-refractivity contribution in [2.24, 2.45) is 15.0 Å². The van der Waals surface area contributed by atoms with Gasteiger partial charge in [0.15, 0.2) is 17.2 Å². The van der Waals surface area contributed by atoms with Crippen LogP contribution in [-0.4, -0.2) is 47.1 Å². The molecule has 37 heavy (non-hydrogen) atoms. The number of carboxylic acids is 1. The first-order chi connectivity index (χ1) is 17.9. The minimum Gasteiger partial charge on any atom is -0.477 e. The number of rotatable bonds is 3. The smallest absolute Gasteiger partial charge is 0.356 e. The molecule has 0 unspecified atom stereocenters. The molecule has 3 heterocycles. The molecule has 0 bridgehead atoms. The minimum absolute atomic E-state index is 0.0555. The largest absolute Gasteiger partial charge is 0.477 e. The number of nitrogens with zero attached hydrogens (tertiary/aromatic N) is 3. The zero-order valence-electron chi connectivity index (χ0n) is 20.5. The first-order valence-electron chi connectivity index (χ1n) is 11.6. The summed E-state index contributed by atoms with van der Waals surface area (Å²) in [6, 6.07) is 22.9. The van der Waals surface area contributed by atoms with Crippen LogP contribution in [0.1, 0.15) is 40.3 Å². The van der Waals surface area contributed by atoms with Crippen LogP contribution in [0.15, 0.2) is 87.8 Å². The fourth-order valence-corrected chi connectivity index (χ4v) is 4.17. The van der Waals surface area contributed by atoms with Crippen molar-refractivity contribution in [1.82, 2.24) is 0 Å². The van der Waals surface area contributed by atoms with Crippen molar-refractivity contribution in [2.75, 3.05) is 7.11 Å². The molecule has 0 saturated carbocycles. The van der Waals surface area contributed by atoms with Gasteiger partial charge >= 0.3 is 11.9 Å². The molecule has 3 aliphatic rings. The molecule has 0 saturated heterocycles. The van der Waals surface area contributed by atoms with Crippen LogP contribution in [0.25, 0.3) is 0 Å². The lowest BCUT2D eigenvalue weighted by Gasteiger charge is -1.99. The van der Waals surface area contributed by atoms with Crippen LogP contribution in [0.4, 0.5) is 0 Å². The van der Waals surface area contributed by atoms with Gasteiger partial charge in [-0.25, -0.2) is 9.59 Å². The summed E-state index contributed by atoms with van der Waals surface area (Å²) in [6.45, 7) is 3.30. The van der Waals surface area contributed by atoms with Gasteiger partial charge in [-0.05, 0) is 16.7 Å². The molecule has 0 radical (unpaired) electrons. The molecule has 0 amide bonds. The third-order valence-corrected chi connectivity index (χ3v) is 5.95. The lowest BCUT2D eigenvalue weighted by molar-refractivity contribution is -0.132. The zero-order valence-corrected chi connectivity index (χ0v) is 20.5. The summed E-state index contributed by atoms with van der Waals surface area (Å²) in [5.41, 5.74) is 7.15. The number of methoxy groups -OCH3 is 1. The van der Waals surface area contributed by atoms with Crippen LogP contribution >= 0.6 is 0 Å². The molecule has 186 valence electrons. The van der Waals surface area contributed by atoms with Gasteiger partial charge in [0.05, 0.1) is 26.7 Å². The summed E-state index contributed by atoms with van der Waals surface area (Å²) in [7, 11) is 1.37. The molecule has 0 fully saturated rings. The van der Waals surface area contributed by atoms with Gasteiger partial charge in [0, 0.05) is 23.6 Å². The standard InChI is InChI=1S/C10H9NO2.C10H9NO.C9H7NO2/c1-13-10(12)9-8-5-3-2-4-7(8)6-11-9;1-7(12)10-9-5-3-2-4-8(9)6-11-10;11-9(12)8-7-4-2-1-3-6(7)5-10-8/h2-5H,6H2,1H3;2-5H,6H2,1H3;1-4H,5H2,(H,11,12). The number of aliphatic imine (C=N–C) groups is 3. The number of ketones is 1. The zero-order chi connectivity index (χ0) is 26.4. The van der Waals surface area contributed by atoms with Crippen molar-refractivity contribution in [1.29, 1.82) is 0 Å². The summed E-state index contributed by atoms with van der Waals surface area (Å²) < 4.78 is 4.62. The molecular formula is C29H25N3O5. The molecular weight excluding hydrogens is 470 g/mol. The van der Waals surface area contributed by atoms with E-state index in [9.17, 15) is 14.4 Å². The van der Waals surface area contributed by atoms with Crippen molar-refractivity contribution in [2.45, 2.75) is 26.6 Å². The van der Waals surface area contributed by atoms with E-state index in [2.05, 4.69) is 19.7 Å². The van der Waals surface area contributed by atoms with Crippen molar-refractivity contribution in [3.63, 3.8) is 0 Å². The second kappa shape index (κ2) is 11.3. The first kappa shape index (κ1) is 25.4. The Hall–Kier alpha value is -4.72. The Labute approximate surface area is 214 Å². The molecule has 8 heteroatoms. The molecule has 0 aliphatic carbocycles. The summed E-state index contributed by atoms with van der Waals surface area (Å²) in [4.78, 5) is 45.1. The van der Waals surface area contributed by atoms with E-state index in [-0.39, 0.29) is 17.5 Å². The maximum atomic E-state index is 11.2. The number of carbonyl (C=O) groups is 3. The van der Waals surface area contributed by atoms with Crippen LogP contribution in [0.2, 0.25) is 0 Å². The molecule has 0 aromatic heterocycles. The summed E-state index contributed by atoms with van der Waals surface area (Å²) in [6.07, 6.45) is 0. The predicted octanol–water partition coefficient (Wildman–Crippen LogP) is 3.81. The van der Waals surface area contributed by atoms with E-state index in [4.69, 9.17) is 5.11 Å². The van der Waals surface area contributed by atoms with E-state index in [1.807, 2.05) is 66.7 Å². The first-order valence-corrected chi connectivity index (χ1v) is 11.6. The van der Waals surface area contributed by atoms with Crippen LogP contribution in [0.5, 0.6) is 0 Å². The molecule has 0 spiro atoms. The maximum Gasteiger partial charge on any atom is 0.356 e. The number of Topliss-reactive ketones (excluding diaryl/α,β-unsaturated/α-hetero) is 1. The number of fused-ring (bicyclic) bond motifs is 3. The van der Waals surface area contributed by atoms with Crippen molar-refractivity contribution >= 4 is 34.9 Å². The van der Waals surface area contributed by atoms with Gasteiger partial charge in [0.25, 0.3) is 0 Å². The SMILES string of the molecule is CC(=O)C1=NCc2ccccc21.COC(=O)C1=NCc2ccccc21.O=C(O)C1=NCc2ccccc21. The second-order valence-corrected chi connectivity index (χ2v) is 8.32. The predicted molar refractivity (Wildman–Crippen MR) is 140 cm³/mol. The Balaban J connectivity index is 0.000000130. The molecule has 8 nitrogen and oxygen atoms in total. The molecule has 1 N–H and O–H groups in total.